The van der Waals surface area contributed by atoms with Gasteiger partial charge in [-0.3, -0.25) is 4.79 Å². The van der Waals surface area contributed by atoms with E-state index in [1.807, 2.05) is 0 Å². The Balaban J connectivity index is 1.65. The van der Waals surface area contributed by atoms with Crippen LogP contribution in [0, 0.1) is 23.2 Å². The number of amides is 1. The minimum atomic E-state index is -0.191. The fraction of sp³-hybridized carbons (Fsp3) is 0.933. The molecule has 3 fully saturated rings. The molecule has 0 atom stereocenters. The lowest BCUT2D eigenvalue weighted by Crippen LogP contribution is -2.55. The second kappa shape index (κ2) is 4.52. The zero-order valence-corrected chi connectivity index (χ0v) is 11.5. The molecule has 1 amide bonds. The molecular formula is C15H26N2O. The van der Waals surface area contributed by atoms with Gasteiger partial charge in [0.05, 0.1) is 5.41 Å². The monoisotopic (exact) mass is 250 g/mol. The van der Waals surface area contributed by atoms with E-state index in [0.29, 0.717) is 18.4 Å². The molecule has 0 spiro atoms. The minimum absolute atomic E-state index is 0.191. The summed E-state index contributed by atoms with van der Waals surface area (Å²) in [4.78, 5) is 15.0. The number of rotatable bonds is 6. The maximum absolute atomic E-state index is 12.8. The maximum Gasteiger partial charge on any atom is 0.230 e. The normalized spacial score (nSPS) is 35.1. The summed E-state index contributed by atoms with van der Waals surface area (Å²) in [5, 5.41) is 0. The maximum atomic E-state index is 12.8. The van der Waals surface area contributed by atoms with Crippen LogP contribution in [-0.2, 0) is 4.79 Å². The van der Waals surface area contributed by atoms with Crippen LogP contribution in [0.25, 0.3) is 0 Å². The van der Waals surface area contributed by atoms with Gasteiger partial charge in [-0.25, -0.2) is 0 Å². The summed E-state index contributed by atoms with van der Waals surface area (Å²) in [5.74, 6) is 2.64. The van der Waals surface area contributed by atoms with Gasteiger partial charge in [-0.15, -0.1) is 0 Å². The fourth-order valence-electron chi connectivity index (χ4n) is 3.50. The van der Waals surface area contributed by atoms with Gasteiger partial charge in [0, 0.05) is 19.6 Å². The average Bonchev–Trinajstić information content (AvgIpc) is 3.17. The van der Waals surface area contributed by atoms with Crippen molar-refractivity contribution in [1.29, 1.82) is 0 Å². The van der Waals surface area contributed by atoms with Gasteiger partial charge in [0.15, 0.2) is 0 Å². The lowest BCUT2D eigenvalue weighted by atomic mass is 9.61. The van der Waals surface area contributed by atoms with E-state index >= 15 is 0 Å². The first-order valence-electron chi connectivity index (χ1n) is 7.62. The largest absolute Gasteiger partial charge is 0.342 e. The molecule has 3 saturated carbocycles. The molecule has 3 nitrogen and oxygen atoms in total. The summed E-state index contributed by atoms with van der Waals surface area (Å²) in [6.07, 6.45) is 7.30. The van der Waals surface area contributed by atoms with Crippen LogP contribution in [0.15, 0.2) is 0 Å². The molecule has 0 unspecified atom stereocenters. The van der Waals surface area contributed by atoms with Gasteiger partial charge in [0.25, 0.3) is 0 Å². The molecule has 3 heteroatoms. The first-order chi connectivity index (χ1) is 8.63. The van der Waals surface area contributed by atoms with Gasteiger partial charge in [-0.05, 0) is 56.3 Å². The second-order valence-corrected chi connectivity index (χ2v) is 7.09. The van der Waals surface area contributed by atoms with E-state index in [4.69, 9.17) is 5.73 Å². The third-order valence-corrected chi connectivity index (χ3v) is 4.96. The fourth-order valence-corrected chi connectivity index (χ4v) is 3.50. The molecule has 0 heterocycles. The number of carbonyl (C=O) groups excluding carboxylic acids is 1. The van der Waals surface area contributed by atoms with E-state index in [-0.39, 0.29) is 5.41 Å². The van der Waals surface area contributed by atoms with Crippen LogP contribution in [0.4, 0.5) is 0 Å². The van der Waals surface area contributed by atoms with Crippen molar-refractivity contribution in [2.75, 3.05) is 19.6 Å². The molecule has 0 saturated heterocycles. The van der Waals surface area contributed by atoms with Gasteiger partial charge in [-0.1, -0.05) is 6.92 Å². The molecule has 0 bridgehead atoms. The predicted molar refractivity (Wildman–Crippen MR) is 71.9 cm³/mol. The molecule has 0 aliphatic heterocycles. The third kappa shape index (κ3) is 2.42. The van der Waals surface area contributed by atoms with Crippen LogP contribution in [0.2, 0.25) is 0 Å². The number of carbonyl (C=O) groups is 1. The molecule has 102 valence electrons. The SMILES string of the molecule is CC1CC(CN)(C(=O)N(CC2CC2)CC2CC2)C1. The molecule has 18 heavy (non-hydrogen) atoms. The summed E-state index contributed by atoms with van der Waals surface area (Å²) in [5.41, 5.74) is 5.72. The molecule has 3 rings (SSSR count). The van der Waals surface area contributed by atoms with Crippen molar-refractivity contribution in [3.63, 3.8) is 0 Å². The highest BCUT2D eigenvalue weighted by atomic mass is 16.2. The van der Waals surface area contributed by atoms with E-state index in [0.717, 1.165) is 37.8 Å². The smallest absolute Gasteiger partial charge is 0.230 e. The van der Waals surface area contributed by atoms with E-state index in [9.17, 15) is 4.79 Å². The van der Waals surface area contributed by atoms with E-state index < -0.39 is 0 Å². The van der Waals surface area contributed by atoms with Crippen molar-refractivity contribution < 1.29 is 4.79 Å². The van der Waals surface area contributed by atoms with Gasteiger partial charge >= 0.3 is 0 Å². The van der Waals surface area contributed by atoms with Crippen LogP contribution in [0.1, 0.15) is 45.4 Å². The molecular weight excluding hydrogens is 224 g/mol. The summed E-state index contributed by atoms with van der Waals surface area (Å²) in [6.45, 7) is 4.78. The molecule has 0 aromatic heterocycles. The zero-order chi connectivity index (χ0) is 12.8. The van der Waals surface area contributed by atoms with Gasteiger partial charge in [0.1, 0.15) is 0 Å². The van der Waals surface area contributed by atoms with Gasteiger partial charge < -0.3 is 10.6 Å². The average molecular weight is 250 g/mol. The van der Waals surface area contributed by atoms with Gasteiger partial charge in [0.2, 0.25) is 5.91 Å². The summed E-state index contributed by atoms with van der Waals surface area (Å²) < 4.78 is 0. The van der Waals surface area contributed by atoms with Crippen LogP contribution < -0.4 is 5.73 Å². The molecule has 3 aliphatic carbocycles. The standard InChI is InChI=1S/C15H26N2O/c1-11-6-15(7-11,10-16)14(18)17(8-12-2-3-12)9-13-4-5-13/h11-13H,2-10,16H2,1H3. The van der Waals surface area contributed by atoms with Crippen molar-refractivity contribution in [2.24, 2.45) is 28.9 Å². The Labute approximate surface area is 110 Å². The van der Waals surface area contributed by atoms with Crippen molar-refractivity contribution in [3.05, 3.63) is 0 Å². The number of nitrogens with zero attached hydrogens (tertiary/aromatic N) is 1. The molecule has 0 aromatic carbocycles. The minimum Gasteiger partial charge on any atom is -0.342 e. The Kier molecular flexibility index (Phi) is 3.13. The molecule has 0 radical (unpaired) electrons. The van der Waals surface area contributed by atoms with Crippen LogP contribution in [0.3, 0.4) is 0 Å². The highest BCUT2D eigenvalue weighted by Gasteiger charge is 2.49. The Morgan fingerprint density at radius 2 is 1.67 bits per heavy atom. The second-order valence-electron chi connectivity index (χ2n) is 7.09. The van der Waals surface area contributed by atoms with E-state index in [1.54, 1.807) is 0 Å². The first-order valence-corrected chi connectivity index (χ1v) is 7.62. The summed E-state index contributed by atoms with van der Waals surface area (Å²) in [7, 11) is 0. The molecule has 0 aromatic rings. The first kappa shape index (κ1) is 12.5. The topological polar surface area (TPSA) is 46.3 Å². The highest BCUT2D eigenvalue weighted by molar-refractivity contribution is 5.84. The quantitative estimate of drug-likeness (QED) is 0.784. The number of hydrogen-bond acceptors (Lipinski definition) is 2. The highest BCUT2D eigenvalue weighted by Crippen LogP contribution is 2.47. The molecule has 3 aliphatic rings. The van der Waals surface area contributed by atoms with Crippen LogP contribution in [-0.4, -0.2) is 30.4 Å². The lowest BCUT2D eigenvalue weighted by Gasteiger charge is -2.47. The third-order valence-electron chi connectivity index (χ3n) is 4.96. The van der Waals surface area contributed by atoms with Crippen molar-refractivity contribution in [2.45, 2.75) is 45.4 Å². The Morgan fingerprint density at radius 3 is 2.00 bits per heavy atom. The van der Waals surface area contributed by atoms with Crippen LogP contribution in [0.5, 0.6) is 0 Å². The Bertz CT molecular complexity index is 313. The van der Waals surface area contributed by atoms with E-state index in [1.165, 1.54) is 25.7 Å². The lowest BCUT2D eigenvalue weighted by molar-refractivity contribution is -0.150. The number of nitrogens with two attached hydrogens (primary N) is 1. The summed E-state index contributed by atoms with van der Waals surface area (Å²) >= 11 is 0. The van der Waals surface area contributed by atoms with Crippen LogP contribution >= 0.6 is 0 Å². The number of hydrogen-bond donors (Lipinski definition) is 1. The van der Waals surface area contributed by atoms with E-state index in [2.05, 4.69) is 11.8 Å². The molecule has 2 N–H and O–H groups in total. The Hall–Kier alpha value is -0.570. The Morgan fingerprint density at radius 1 is 1.17 bits per heavy atom. The van der Waals surface area contributed by atoms with Crippen molar-refractivity contribution in [1.82, 2.24) is 4.90 Å². The van der Waals surface area contributed by atoms with Crippen molar-refractivity contribution in [3.8, 4) is 0 Å². The van der Waals surface area contributed by atoms with Gasteiger partial charge in [-0.2, -0.15) is 0 Å². The summed E-state index contributed by atoms with van der Waals surface area (Å²) in [6, 6.07) is 0. The van der Waals surface area contributed by atoms with Crippen molar-refractivity contribution >= 4 is 5.91 Å². The predicted octanol–water partition coefficient (Wildman–Crippen LogP) is 2.01. The zero-order valence-electron chi connectivity index (χ0n) is 11.5.